The Balaban J connectivity index is 1.25. The van der Waals surface area contributed by atoms with Gasteiger partial charge in [-0.15, -0.1) is 23.1 Å². The molecule has 0 saturated heterocycles. The van der Waals surface area contributed by atoms with Crippen molar-refractivity contribution in [2.24, 2.45) is 17.8 Å². The van der Waals surface area contributed by atoms with Gasteiger partial charge in [-0.25, -0.2) is 4.79 Å². The zero-order valence-corrected chi connectivity index (χ0v) is 21.7. The summed E-state index contributed by atoms with van der Waals surface area (Å²) in [5.41, 5.74) is 1.02. The number of rotatable bonds is 6. The van der Waals surface area contributed by atoms with E-state index in [1.807, 2.05) is 11.8 Å². The van der Waals surface area contributed by atoms with Gasteiger partial charge in [-0.2, -0.15) is 0 Å². The average Bonchev–Trinajstić information content (AvgIpc) is 3.64. The van der Waals surface area contributed by atoms with Gasteiger partial charge in [0.1, 0.15) is 6.54 Å². The zero-order chi connectivity index (χ0) is 24.1. The van der Waals surface area contributed by atoms with E-state index in [1.54, 1.807) is 47.1 Å². The van der Waals surface area contributed by atoms with Crippen LogP contribution in [0.5, 0.6) is 0 Å². The molecule has 1 aromatic carbocycles. The third kappa shape index (κ3) is 4.07. The van der Waals surface area contributed by atoms with E-state index < -0.39 is 5.97 Å². The summed E-state index contributed by atoms with van der Waals surface area (Å²) in [6.07, 6.45) is 3.88. The number of anilines is 1. The van der Waals surface area contributed by atoms with Gasteiger partial charge in [0.15, 0.2) is 0 Å². The van der Waals surface area contributed by atoms with Crippen molar-refractivity contribution in [3.8, 4) is 0 Å². The van der Waals surface area contributed by atoms with Crippen LogP contribution < -0.4 is 10.2 Å². The van der Waals surface area contributed by atoms with Gasteiger partial charge >= 0.3 is 10.8 Å². The van der Waals surface area contributed by atoms with Crippen LogP contribution in [-0.4, -0.2) is 28.3 Å². The Kier molecular flexibility index (Phi) is 6.10. The van der Waals surface area contributed by atoms with Crippen LogP contribution in [0.4, 0.5) is 5.69 Å². The lowest BCUT2D eigenvalue weighted by Gasteiger charge is -2.40. The van der Waals surface area contributed by atoms with Gasteiger partial charge in [-0.05, 0) is 79.7 Å². The highest BCUT2D eigenvalue weighted by atomic mass is 32.2. The van der Waals surface area contributed by atoms with Crippen molar-refractivity contribution in [1.82, 2.24) is 4.57 Å². The molecule has 2 aromatic heterocycles. The summed E-state index contributed by atoms with van der Waals surface area (Å²) in [5.74, 6) is 1.66. The van der Waals surface area contributed by atoms with Gasteiger partial charge in [0.05, 0.1) is 17.2 Å². The van der Waals surface area contributed by atoms with Crippen molar-refractivity contribution in [3.63, 3.8) is 0 Å². The van der Waals surface area contributed by atoms with Gasteiger partial charge in [-0.3, -0.25) is 14.2 Å². The van der Waals surface area contributed by atoms with Gasteiger partial charge in [0, 0.05) is 26.6 Å². The zero-order valence-electron chi connectivity index (χ0n) is 19.3. The maximum Gasteiger partial charge on any atom is 0.338 e. The van der Waals surface area contributed by atoms with Crippen molar-refractivity contribution in [3.05, 3.63) is 66.8 Å². The maximum absolute atomic E-state index is 13.1. The molecule has 2 bridgehead atoms. The minimum Gasteiger partial charge on any atom is -0.462 e. The Morgan fingerprint density at radius 1 is 1.14 bits per heavy atom. The quantitative estimate of drug-likeness (QED) is 0.433. The molecule has 5 atom stereocenters. The van der Waals surface area contributed by atoms with E-state index in [0.717, 1.165) is 15.8 Å². The number of ether oxygens (including phenoxy) is 1. The highest BCUT2D eigenvalue weighted by Gasteiger charge is 2.55. The Morgan fingerprint density at radius 2 is 1.94 bits per heavy atom. The van der Waals surface area contributed by atoms with E-state index in [4.69, 9.17) is 4.74 Å². The number of nitrogens with zero attached hydrogens (tertiary/aromatic N) is 1. The molecule has 6 rings (SSSR count). The summed E-state index contributed by atoms with van der Waals surface area (Å²) in [7, 11) is 0. The third-order valence-electron chi connectivity index (χ3n) is 7.52. The summed E-state index contributed by atoms with van der Waals surface area (Å²) in [4.78, 5) is 40.3. The second-order valence-electron chi connectivity index (χ2n) is 9.46. The molecule has 1 amide bonds. The first-order chi connectivity index (χ1) is 17.0. The second kappa shape index (κ2) is 9.26. The van der Waals surface area contributed by atoms with Crippen molar-refractivity contribution < 1.29 is 14.3 Å². The number of thiazole rings is 1. The summed E-state index contributed by atoms with van der Waals surface area (Å²) in [5, 5.41) is 6.50. The van der Waals surface area contributed by atoms with E-state index in [1.165, 1.54) is 35.5 Å². The van der Waals surface area contributed by atoms with Crippen LogP contribution in [0, 0.1) is 17.8 Å². The fourth-order valence-electron chi connectivity index (χ4n) is 6.12. The Labute approximate surface area is 215 Å². The molecule has 1 N–H and O–H groups in total. The monoisotopic (exact) mass is 526 g/mol. The number of carbonyl (C=O) groups is 2. The van der Waals surface area contributed by atoms with Gasteiger partial charge in [0.2, 0.25) is 5.91 Å². The highest BCUT2D eigenvalue weighted by molar-refractivity contribution is 8.00. The lowest BCUT2D eigenvalue weighted by atomic mass is 9.77. The largest absolute Gasteiger partial charge is 0.462 e. The summed E-state index contributed by atoms with van der Waals surface area (Å²) < 4.78 is 6.68. The number of esters is 1. The number of amides is 1. The SMILES string of the molecule is CCOC(=O)c1ccc(NC(=O)Cn2c3c(sc2=O)[C@H](c2cccs2)C2C4CCC(C4)C2S3)cc1. The Morgan fingerprint density at radius 3 is 2.69 bits per heavy atom. The number of hydrogen-bond donors (Lipinski definition) is 1. The Bertz CT molecular complexity index is 1310. The lowest BCUT2D eigenvalue weighted by Crippen LogP contribution is -2.34. The minimum atomic E-state index is -0.391. The van der Waals surface area contributed by atoms with Crippen molar-refractivity contribution in [2.45, 2.75) is 48.9 Å². The molecule has 9 heteroatoms. The van der Waals surface area contributed by atoms with Crippen molar-refractivity contribution in [1.29, 1.82) is 0 Å². The molecule has 3 aliphatic rings. The molecule has 3 aromatic rings. The molecule has 2 aliphatic carbocycles. The van der Waals surface area contributed by atoms with Crippen LogP contribution in [0.3, 0.4) is 0 Å². The number of hydrogen-bond acceptors (Lipinski definition) is 7. The number of thiophene rings is 1. The lowest BCUT2D eigenvalue weighted by molar-refractivity contribution is -0.116. The van der Waals surface area contributed by atoms with Gasteiger partial charge in [-0.1, -0.05) is 17.4 Å². The van der Waals surface area contributed by atoms with Crippen LogP contribution in [0.25, 0.3) is 0 Å². The summed E-state index contributed by atoms with van der Waals surface area (Å²) in [6, 6.07) is 10.9. The molecular weight excluding hydrogens is 500 g/mol. The summed E-state index contributed by atoms with van der Waals surface area (Å²) in [6.45, 7) is 2.06. The fourth-order valence-corrected chi connectivity index (χ4v) is 10.2. The molecule has 2 saturated carbocycles. The van der Waals surface area contributed by atoms with E-state index in [2.05, 4.69) is 22.8 Å². The van der Waals surface area contributed by atoms with E-state index in [9.17, 15) is 14.4 Å². The standard InChI is InChI=1S/C26H26N2O4S3/c1-2-32-25(30)14-7-9-17(10-8-14)27-19(29)13-28-24-23(35-26(28)31)21(18-4-3-11-33-18)20-15-5-6-16(12-15)22(20)34-24/h3-4,7-11,15-16,20-22H,2,5-6,12-13H2,1H3,(H,27,29)/t15?,16?,20?,21-,22?/m1/s1. The topological polar surface area (TPSA) is 77.4 Å². The predicted molar refractivity (Wildman–Crippen MR) is 140 cm³/mol. The number of thioether (sulfide) groups is 1. The molecule has 182 valence electrons. The number of nitrogens with one attached hydrogen (secondary N) is 1. The second-order valence-corrected chi connectivity index (χ2v) is 12.6. The normalized spacial score (nSPS) is 26.3. The fraction of sp³-hybridized carbons (Fsp3) is 0.423. The molecule has 1 aliphatic heterocycles. The van der Waals surface area contributed by atoms with Crippen LogP contribution in [0.2, 0.25) is 0 Å². The first-order valence-electron chi connectivity index (χ1n) is 12.0. The summed E-state index contributed by atoms with van der Waals surface area (Å²) >= 11 is 4.94. The molecule has 35 heavy (non-hydrogen) atoms. The Hall–Kier alpha value is -2.36. The molecule has 2 fully saturated rings. The van der Waals surface area contributed by atoms with Crippen LogP contribution in [0.1, 0.15) is 52.2 Å². The average molecular weight is 527 g/mol. The molecule has 4 unspecified atom stereocenters. The number of aromatic nitrogens is 1. The maximum atomic E-state index is 13.1. The number of fused-ring (bicyclic) bond motifs is 6. The van der Waals surface area contributed by atoms with Crippen LogP contribution in [-0.2, 0) is 16.1 Å². The first kappa shape index (κ1) is 23.1. The molecule has 0 spiro atoms. The van der Waals surface area contributed by atoms with Crippen molar-refractivity contribution in [2.75, 3.05) is 11.9 Å². The van der Waals surface area contributed by atoms with Gasteiger partial charge < -0.3 is 10.1 Å². The molecule has 3 heterocycles. The minimum absolute atomic E-state index is 0.0140. The van der Waals surface area contributed by atoms with E-state index in [0.29, 0.717) is 34.9 Å². The first-order valence-corrected chi connectivity index (χ1v) is 14.6. The van der Waals surface area contributed by atoms with E-state index >= 15 is 0 Å². The predicted octanol–water partition coefficient (Wildman–Crippen LogP) is 5.44. The molecule has 0 radical (unpaired) electrons. The smallest absolute Gasteiger partial charge is 0.338 e. The highest BCUT2D eigenvalue weighted by Crippen LogP contribution is 2.64. The van der Waals surface area contributed by atoms with E-state index in [-0.39, 0.29) is 23.2 Å². The number of carbonyl (C=O) groups excluding carboxylic acids is 2. The van der Waals surface area contributed by atoms with Gasteiger partial charge in [0.25, 0.3) is 0 Å². The van der Waals surface area contributed by atoms with Crippen LogP contribution in [0.15, 0.2) is 51.6 Å². The third-order valence-corrected chi connectivity index (χ3v) is 11.3. The van der Waals surface area contributed by atoms with Crippen molar-refractivity contribution >= 4 is 52.0 Å². The molecule has 6 nitrogen and oxygen atoms in total. The molecular formula is C26H26N2O4S3. The van der Waals surface area contributed by atoms with Crippen LogP contribution >= 0.6 is 34.4 Å². The number of benzene rings is 1.